The predicted octanol–water partition coefficient (Wildman–Crippen LogP) is 4.83. The van der Waals surface area contributed by atoms with E-state index in [9.17, 15) is 14.4 Å². The molecule has 0 saturated carbocycles. The monoisotopic (exact) mass is 477 g/mol. The highest BCUT2D eigenvalue weighted by molar-refractivity contribution is 9.10. The molecule has 1 N–H and O–H groups in total. The number of anilines is 1. The van der Waals surface area contributed by atoms with Crippen molar-refractivity contribution < 1.29 is 14.4 Å². The smallest absolute Gasteiger partial charge is 0.318 e. The number of rotatable bonds is 3. The molecule has 0 bridgehead atoms. The van der Waals surface area contributed by atoms with Gasteiger partial charge in [-0.1, -0.05) is 39.7 Å². The van der Waals surface area contributed by atoms with Crippen LogP contribution in [0.2, 0.25) is 0 Å². The van der Waals surface area contributed by atoms with Gasteiger partial charge in [-0.3, -0.25) is 14.9 Å². The Balaban J connectivity index is 1.76. The van der Waals surface area contributed by atoms with Gasteiger partial charge < -0.3 is 4.57 Å². The van der Waals surface area contributed by atoms with Crippen molar-refractivity contribution in [3.8, 4) is 5.69 Å². The number of urea groups is 1. The molecule has 1 fully saturated rings. The number of imide groups is 2. The number of nitrogens with one attached hydrogen (secondary N) is 1. The summed E-state index contributed by atoms with van der Waals surface area (Å²) in [6.45, 7) is 5.93. The van der Waals surface area contributed by atoms with Crippen molar-refractivity contribution in [2.75, 3.05) is 4.90 Å². The number of barbiturate groups is 1. The molecule has 6 nitrogen and oxygen atoms in total. The van der Waals surface area contributed by atoms with Crippen LogP contribution in [-0.2, 0) is 9.59 Å². The SMILES string of the molecule is Cc1ccc(-n2c(C)cc(/C=C3/C(=O)NC(=O)N(c4cccc(Br)c4)C3=O)c2C)cc1. The summed E-state index contributed by atoms with van der Waals surface area (Å²) in [5.41, 5.74) is 5.03. The number of amides is 4. The fourth-order valence-electron chi connectivity index (χ4n) is 3.69. The van der Waals surface area contributed by atoms with Gasteiger partial charge in [0.2, 0.25) is 0 Å². The Bertz CT molecular complexity index is 1260. The van der Waals surface area contributed by atoms with Crippen LogP contribution in [0, 0.1) is 20.8 Å². The zero-order valence-electron chi connectivity index (χ0n) is 17.3. The molecule has 3 aromatic rings. The molecule has 156 valence electrons. The van der Waals surface area contributed by atoms with E-state index in [0.717, 1.165) is 37.6 Å². The van der Waals surface area contributed by atoms with E-state index in [0.29, 0.717) is 5.69 Å². The molecule has 0 spiro atoms. The Morgan fingerprint density at radius 3 is 2.29 bits per heavy atom. The molecule has 0 unspecified atom stereocenters. The molecule has 7 heteroatoms. The highest BCUT2D eigenvalue weighted by atomic mass is 79.9. The maximum atomic E-state index is 13.1. The van der Waals surface area contributed by atoms with Crippen molar-refractivity contribution in [2.24, 2.45) is 0 Å². The molecule has 2 aromatic carbocycles. The maximum Gasteiger partial charge on any atom is 0.335 e. The van der Waals surface area contributed by atoms with Gasteiger partial charge in [-0.15, -0.1) is 0 Å². The van der Waals surface area contributed by atoms with Crippen LogP contribution in [0.5, 0.6) is 0 Å². The molecule has 1 aliphatic heterocycles. The summed E-state index contributed by atoms with van der Waals surface area (Å²) in [7, 11) is 0. The third kappa shape index (κ3) is 3.84. The molecule has 4 rings (SSSR count). The third-order valence-electron chi connectivity index (χ3n) is 5.23. The molecule has 0 aliphatic carbocycles. The molecule has 31 heavy (non-hydrogen) atoms. The van der Waals surface area contributed by atoms with Crippen LogP contribution in [0.1, 0.15) is 22.5 Å². The first kappa shape index (κ1) is 20.8. The standard InChI is InChI=1S/C24H20BrN3O3/c1-14-7-9-19(10-8-14)27-15(2)11-17(16(27)3)12-21-22(29)26-24(31)28(23(21)30)20-6-4-5-18(25)13-20/h4-13H,1-3H3,(H,26,29,31)/b21-12-. The second-order valence-corrected chi connectivity index (χ2v) is 8.35. The zero-order chi connectivity index (χ0) is 22.3. The van der Waals surface area contributed by atoms with Crippen molar-refractivity contribution >= 4 is 45.5 Å². The lowest BCUT2D eigenvalue weighted by atomic mass is 10.1. The fourth-order valence-corrected chi connectivity index (χ4v) is 4.07. The van der Waals surface area contributed by atoms with Crippen LogP contribution in [0.25, 0.3) is 11.8 Å². The second kappa shape index (κ2) is 8.00. The lowest BCUT2D eigenvalue weighted by Gasteiger charge is -2.26. The van der Waals surface area contributed by atoms with Gasteiger partial charge in [-0.05, 0) is 68.8 Å². The highest BCUT2D eigenvalue weighted by Crippen LogP contribution is 2.27. The van der Waals surface area contributed by atoms with E-state index in [1.807, 2.05) is 51.1 Å². The number of hydrogen-bond donors (Lipinski definition) is 1. The summed E-state index contributed by atoms with van der Waals surface area (Å²) in [5.74, 6) is -1.37. The van der Waals surface area contributed by atoms with Crippen molar-refractivity contribution in [1.82, 2.24) is 9.88 Å². The van der Waals surface area contributed by atoms with Crippen LogP contribution < -0.4 is 10.2 Å². The first-order valence-corrected chi connectivity index (χ1v) is 10.5. The maximum absolute atomic E-state index is 13.1. The Hall–Kier alpha value is -3.45. The number of hydrogen-bond acceptors (Lipinski definition) is 3. The second-order valence-electron chi connectivity index (χ2n) is 7.44. The Morgan fingerprint density at radius 2 is 1.61 bits per heavy atom. The van der Waals surface area contributed by atoms with Gasteiger partial charge in [0.05, 0.1) is 5.69 Å². The van der Waals surface area contributed by atoms with Crippen LogP contribution in [0.4, 0.5) is 10.5 Å². The van der Waals surface area contributed by atoms with Crippen molar-refractivity contribution in [3.63, 3.8) is 0 Å². The Labute approximate surface area is 188 Å². The van der Waals surface area contributed by atoms with Gasteiger partial charge in [0, 0.05) is 21.5 Å². The minimum Gasteiger partial charge on any atom is -0.318 e. The molecule has 1 aromatic heterocycles. The van der Waals surface area contributed by atoms with Gasteiger partial charge in [-0.25, -0.2) is 9.69 Å². The van der Waals surface area contributed by atoms with Crippen LogP contribution in [0.3, 0.4) is 0 Å². The van der Waals surface area contributed by atoms with E-state index in [1.165, 1.54) is 0 Å². The van der Waals surface area contributed by atoms with Crippen molar-refractivity contribution in [1.29, 1.82) is 0 Å². The molecule has 4 amide bonds. The average molecular weight is 478 g/mol. The molecular formula is C24H20BrN3O3. The molecule has 2 heterocycles. The molecular weight excluding hydrogens is 458 g/mol. The summed E-state index contributed by atoms with van der Waals surface area (Å²) in [5, 5.41) is 2.26. The highest BCUT2D eigenvalue weighted by Gasteiger charge is 2.37. The number of aryl methyl sites for hydroxylation is 2. The summed E-state index contributed by atoms with van der Waals surface area (Å²) >= 11 is 3.34. The molecule has 0 atom stereocenters. The molecule has 1 aliphatic rings. The molecule has 0 radical (unpaired) electrons. The first-order valence-electron chi connectivity index (χ1n) is 9.69. The van der Waals surface area contributed by atoms with E-state index < -0.39 is 17.8 Å². The van der Waals surface area contributed by atoms with E-state index in [1.54, 1.807) is 30.3 Å². The quantitative estimate of drug-likeness (QED) is 0.433. The van der Waals surface area contributed by atoms with Gasteiger partial charge in [0.15, 0.2) is 0 Å². The van der Waals surface area contributed by atoms with Gasteiger partial charge in [0.1, 0.15) is 5.57 Å². The lowest BCUT2D eigenvalue weighted by Crippen LogP contribution is -2.54. The summed E-state index contributed by atoms with van der Waals surface area (Å²) in [4.78, 5) is 39.0. The van der Waals surface area contributed by atoms with E-state index in [-0.39, 0.29) is 5.57 Å². The summed E-state index contributed by atoms with van der Waals surface area (Å²) in [6.07, 6.45) is 1.54. The summed E-state index contributed by atoms with van der Waals surface area (Å²) < 4.78 is 2.78. The van der Waals surface area contributed by atoms with Gasteiger partial charge in [-0.2, -0.15) is 0 Å². The van der Waals surface area contributed by atoms with Gasteiger partial charge in [0.25, 0.3) is 11.8 Å². The topological polar surface area (TPSA) is 71.4 Å². The number of carbonyl (C=O) groups is 3. The number of benzene rings is 2. The molecule has 1 saturated heterocycles. The van der Waals surface area contributed by atoms with E-state index in [4.69, 9.17) is 0 Å². The van der Waals surface area contributed by atoms with E-state index in [2.05, 4.69) is 25.8 Å². The fraction of sp³-hybridized carbons (Fsp3) is 0.125. The van der Waals surface area contributed by atoms with Gasteiger partial charge >= 0.3 is 6.03 Å². The zero-order valence-corrected chi connectivity index (χ0v) is 18.9. The first-order chi connectivity index (χ1) is 14.8. The third-order valence-corrected chi connectivity index (χ3v) is 5.72. The number of aromatic nitrogens is 1. The predicted molar refractivity (Wildman–Crippen MR) is 123 cm³/mol. The Morgan fingerprint density at radius 1 is 0.903 bits per heavy atom. The van der Waals surface area contributed by atoms with Crippen LogP contribution in [-0.4, -0.2) is 22.4 Å². The minimum atomic E-state index is -0.768. The summed E-state index contributed by atoms with van der Waals surface area (Å²) in [6, 6.07) is 16.1. The largest absolute Gasteiger partial charge is 0.335 e. The number of carbonyl (C=O) groups excluding carboxylic acids is 3. The Kier molecular flexibility index (Phi) is 5.37. The van der Waals surface area contributed by atoms with Crippen LogP contribution in [0.15, 0.2) is 64.6 Å². The number of halogens is 1. The average Bonchev–Trinajstić information content (AvgIpc) is 2.99. The van der Waals surface area contributed by atoms with Crippen molar-refractivity contribution in [3.05, 3.63) is 87.2 Å². The van der Waals surface area contributed by atoms with E-state index >= 15 is 0 Å². The van der Waals surface area contributed by atoms with Crippen molar-refractivity contribution in [2.45, 2.75) is 20.8 Å². The van der Waals surface area contributed by atoms with Crippen LogP contribution >= 0.6 is 15.9 Å². The normalized spacial score (nSPS) is 15.5. The lowest BCUT2D eigenvalue weighted by molar-refractivity contribution is -0.122. The number of nitrogens with zero attached hydrogens (tertiary/aromatic N) is 2. The minimum absolute atomic E-state index is 0.0938.